The number of anilines is 1. The summed E-state index contributed by atoms with van der Waals surface area (Å²) in [5.74, 6) is -0.937. The lowest BCUT2D eigenvalue weighted by molar-refractivity contribution is 0.0594. The highest BCUT2D eigenvalue weighted by molar-refractivity contribution is 6.07. The molecule has 0 aliphatic carbocycles. The van der Waals surface area contributed by atoms with Gasteiger partial charge in [0.15, 0.2) is 5.69 Å². The number of methoxy groups -OCH3 is 1. The fourth-order valence-electron chi connectivity index (χ4n) is 2.84. The van der Waals surface area contributed by atoms with E-state index in [9.17, 15) is 9.59 Å². The van der Waals surface area contributed by atoms with Gasteiger partial charge in [0.1, 0.15) is 0 Å². The summed E-state index contributed by atoms with van der Waals surface area (Å²) in [4.78, 5) is 24.4. The van der Waals surface area contributed by atoms with Crippen molar-refractivity contribution in [2.45, 2.75) is 20.4 Å². The van der Waals surface area contributed by atoms with E-state index < -0.39 is 5.97 Å². The highest BCUT2D eigenvalue weighted by atomic mass is 16.5. The average Bonchev–Trinajstić information content (AvgIpc) is 3.15. The summed E-state index contributed by atoms with van der Waals surface area (Å²) in [5.41, 5.74) is 3.81. The van der Waals surface area contributed by atoms with Crippen LogP contribution >= 0.6 is 0 Å². The van der Waals surface area contributed by atoms with Crippen LogP contribution in [0.2, 0.25) is 0 Å². The second kappa shape index (κ2) is 7.45. The van der Waals surface area contributed by atoms with E-state index in [4.69, 9.17) is 4.74 Å². The molecular formula is C19H21N5O3. The second-order valence-corrected chi connectivity index (χ2v) is 6.30. The molecule has 8 heteroatoms. The molecule has 0 bridgehead atoms. The number of rotatable bonds is 5. The van der Waals surface area contributed by atoms with Crippen LogP contribution in [0.1, 0.15) is 37.8 Å². The predicted octanol–water partition coefficient (Wildman–Crippen LogP) is 2.32. The average molecular weight is 367 g/mol. The van der Waals surface area contributed by atoms with Crippen LogP contribution in [0.5, 0.6) is 0 Å². The van der Waals surface area contributed by atoms with Crippen molar-refractivity contribution < 1.29 is 14.3 Å². The van der Waals surface area contributed by atoms with Gasteiger partial charge in [-0.1, -0.05) is 12.1 Å². The molecule has 3 rings (SSSR count). The van der Waals surface area contributed by atoms with Gasteiger partial charge in [-0.2, -0.15) is 10.2 Å². The summed E-state index contributed by atoms with van der Waals surface area (Å²) in [5, 5.41) is 11.2. The maximum absolute atomic E-state index is 12.6. The third kappa shape index (κ3) is 4.05. The minimum Gasteiger partial charge on any atom is -0.464 e. The number of carbonyl (C=O) groups is 2. The molecule has 140 valence electrons. The molecule has 1 aromatic carbocycles. The van der Waals surface area contributed by atoms with Crippen molar-refractivity contribution in [3.63, 3.8) is 0 Å². The SMILES string of the molecule is COC(=O)c1nn(C)cc1NC(=O)c1cccc(Cn2nc(C)cc2C)c1. The number of carbonyl (C=O) groups excluding carboxylic acids is 2. The standard InChI is InChI=1S/C19H21N5O3/c1-12-8-13(2)24(21-12)10-14-6-5-7-15(9-14)18(25)20-16-11-23(3)22-17(16)19(26)27-4/h5-9,11H,10H2,1-4H3,(H,20,25). The van der Waals surface area contributed by atoms with E-state index in [0.29, 0.717) is 17.8 Å². The zero-order valence-electron chi connectivity index (χ0n) is 15.7. The molecule has 2 aromatic heterocycles. The number of nitrogens with zero attached hydrogens (tertiary/aromatic N) is 4. The van der Waals surface area contributed by atoms with Gasteiger partial charge in [-0.15, -0.1) is 0 Å². The predicted molar refractivity (Wildman–Crippen MR) is 99.7 cm³/mol. The Morgan fingerprint density at radius 2 is 1.96 bits per heavy atom. The quantitative estimate of drug-likeness (QED) is 0.699. The van der Waals surface area contributed by atoms with Crippen LogP contribution in [0.4, 0.5) is 5.69 Å². The highest BCUT2D eigenvalue weighted by Crippen LogP contribution is 2.17. The van der Waals surface area contributed by atoms with Gasteiger partial charge >= 0.3 is 5.97 Å². The Morgan fingerprint density at radius 3 is 2.63 bits per heavy atom. The molecule has 0 spiro atoms. The molecule has 27 heavy (non-hydrogen) atoms. The first-order chi connectivity index (χ1) is 12.9. The van der Waals surface area contributed by atoms with E-state index in [1.54, 1.807) is 25.4 Å². The first kappa shape index (κ1) is 18.4. The molecule has 0 saturated heterocycles. The second-order valence-electron chi connectivity index (χ2n) is 6.30. The van der Waals surface area contributed by atoms with Crippen molar-refractivity contribution in [3.8, 4) is 0 Å². The van der Waals surface area contributed by atoms with E-state index >= 15 is 0 Å². The molecule has 3 aromatic rings. The third-order valence-electron chi connectivity index (χ3n) is 4.08. The summed E-state index contributed by atoms with van der Waals surface area (Å²) < 4.78 is 8.04. The Bertz CT molecular complexity index is 1000. The number of aromatic nitrogens is 4. The fraction of sp³-hybridized carbons (Fsp3) is 0.263. The highest BCUT2D eigenvalue weighted by Gasteiger charge is 2.19. The van der Waals surface area contributed by atoms with E-state index in [1.165, 1.54) is 11.8 Å². The minimum absolute atomic E-state index is 0.0622. The normalized spacial score (nSPS) is 10.7. The molecule has 2 heterocycles. The van der Waals surface area contributed by atoms with Crippen molar-refractivity contribution >= 4 is 17.6 Å². The minimum atomic E-state index is -0.607. The molecule has 1 N–H and O–H groups in total. The largest absolute Gasteiger partial charge is 0.464 e. The van der Waals surface area contributed by atoms with Crippen molar-refractivity contribution in [2.24, 2.45) is 7.05 Å². The van der Waals surface area contributed by atoms with E-state index in [1.807, 2.05) is 36.7 Å². The number of amides is 1. The third-order valence-corrected chi connectivity index (χ3v) is 4.08. The van der Waals surface area contributed by atoms with Gasteiger partial charge in [0.05, 0.1) is 25.0 Å². The van der Waals surface area contributed by atoms with Gasteiger partial charge in [-0.05, 0) is 37.6 Å². The Hall–Kier alpha value is -3.42. The van der Waals surface area contributed by atoms with Crippen LogP contribution in [0, 0.1) is 13.8 Å². The fourth-order valence-corrected chi connectivity index (χ4v) is 2.84. The van der Waals surface area contributed by atoms with Crippen LogP contribution in [-0.4, -0.2) is 38.5 Å². The molecular weight excluding hydrogens is 346 g/mol. The number of benzene rings is 1. The number of hydrogen-bond donors (Lipinski definition) is 1. The molecule has 0 radical (unpaired) electrons. The number of aryl methyl sites for hydroxylation is 3. The van der Waals surface area contributed by atoms with Crippen molar-refractivity contribution in [2.75, 3.05) is 12.4 Å². The zero-order chi connectivity index (χ0) is 19.6. The van der Waals surface area contributed by atoms with Crippen LogP contribution in [-0.2, 0) is 18.3 Å². The number of ether oxygens (including phenoxy) is 1. The van der Waals surface area contributed by atoms with Crippen molar-refractivity contribution in [1.29, 1.82) is 0 Å². The molecule has 1 amide bonds. The van der Waals surface area contributed by atoms with E-state index in [-0.39, 0.29) is 11.6 Å². The monoisotopic (exact) mass is 367 g/mol. The summed E-state index contributed by atoms with van der Waals surface area (Å²) in [6.45, 7) is 4.51. The zero-order valence-corrected chi connectivity index (χ0v) is 15.7. The van der Waals surface area contributed by atoms with E-state index in [2.05, 4.69) is 15.5 Å². The van der Waals surface area contributed by atoms with Crippen LogP contribution < -0.4 is 5.32 Å². The smallest absolute Gasteiger partial charge is 0.360 e. The van der Waals surface area contributed by atoms with Crippen molar-refractivity contribution in [1.82, 2.24) is 19.6 Å². The molecule has 0 saturated carbocycles. The van der Waals surface area contributed by atoms with E-state index in [0.717, 1.165) is 17.0 Å². The van der Waals surface area contributed by atoms with Crippen LogP contribution in [0.25, 0.3) is 0 Å². The Labute approximate surface area is 156 Å². The first-order valence-electron chi connectivity index (χ1n) is 8.40. The molecule has 0 fully saturated rings. The molecule has 8 nitrogen and oxygen atoms in total. The summed E-state index contributed by atoms with van der Waals surface area (Å²) in [6, 6.07) is 9.29. The summed E-state index contributed by atoms with van der Waals surface area (Å²) >= 11 is 0. The van der Waals surface area contributed by atoms with Crippen LogP contribution in [0.15, 0.2) is 36.5 Å². The maximum atomic E-state index is 12.6. The Morgan fingerprint density at radius 1 is 1.19 bits per heavy atom. The number of hydrogen-bond acceptors (Lipinski definition) is 5. The Balaban J connectivity index is 1.80. The van der Waals surface area contributed by atoms with Gasteiger partial charge in [0.2, 0.25) is 0 Å². The molecule has 0 atom stereocenters. The van der Waals surface area contributed by atoms with Crippen molar-refractivity contribution in [3.05, 3.63) is 64.7 Å². The molecule has 0 aliphatic heterocycles. The lowest BCUT2D eigenvalue weighted by atomic mass is 10.1. The van der Waals surface area contributed by atoms with Gasteiger partial charge in [-0.3, -0.25) is 14.2 Å². The lowest BCUT2D eigenvalue weighted by Gasteiger charge is -2.08. The topological polar surface area (TPSA) is 91.0 Å². The first-order valence-corrected chi connectivity index (χ1v) is 8.40. The van der Waals surface area contributed by atoms with Crippen LogP contribution in [0.3, 0.4) is 0 Å². The van der Waals surface area contributed by atoms with Gasteiger partial charge in [0, 0.05) is 24.5 Å². The molecule has 0 aliphatic rings. The lowest BCUT2D eigenvalue weighted by Crippen LogP contribution is -2.15. The van der Waals surface area contributed by atoms with Gasteiger partial charge in [0.25, 0.3) is 5.91 Å². The number of nitrogens with one attached hydrogen (secondary N) is 1. The maximum Gasteiger partial charge on any atom is 0.360 e. The molecule has 0 unspecified atom stereocenters. The van der Waals surface area contributed by atoms with Gasteiger partial charge < -0.3 is 10.1 Å². The number of esters is 1. The Kier molecular flexibility index (Phi) is 5.07. The summed E-state index contributed by atoms with van der Waals surface area (Å²) in [6.07, 6.45) is 1.56. The van der Waals surface area contributed by atoms with Gasteiger partial charge in [-0.25, -0.2) is 4.79 Å². The summed E-state index contributed by atoms with van der Waals surface area (Å²) in [7, 11) is 2.93.